The number of piperazine rings is 1. The summed E-state index contributed by atoms with van der Waals surface area (Å²) >= 11 is 0. The lowest BCUT2D eigenvalue weighted by atomic mass is 10.1. The van der Waals surface area contributed by atoms with Crippen molar-refractivity contribution in [2.45, 2.75) is 19.5 Å². The summed E-state index contributed by atoms with van der Waals surface area (Å²) in [5, 5.41) is 2.86. The molecule has 2 rings (SSSR count). The Balaban J connectivity index is 0.00000200. The molecule has 0 saturated carbocycles. The van der Waals surface area contributed by atoms with Gasteiger partial charge in [0.1, 0.15) is 11.5 Å². The van der Waals surface area contributed by atoms with Crippen LogP contribution in [-0.2, 0) is 11.3 Å². The van der Waals surface area contributed by atoms with Gasteiger partial charge in [-0.1, -0.05) is 6.07 Å². The molecule has 1 aromatic rings. The van der Waals surface area contributed by atoms with Crippen molar-refractivity contribution in [2.75, 3.05) is 27.3 Å². The van der Waals surface area contributed by atoms with E-state index in [0.29, 0.717) is 13.1 Å². The predicted molar refractivity (Wildman–Crippen MR) is 79.7 cm³/mol. The first kappa shape index (κ1) is 16.6. The number of amides is 1. The number of ether oxygens (including phenoxy) is 2. The highest BCUT2D eigenvalue weighted by Gasteiger charge is 2.25. The third-order valence-corrected chi connectivity index (χ3v) is 3.49. The van der Waals surface area contributed by atoms with E-state index in [2.05, 4.69) is 10.2 Å². The summed E-state index contributed by atoms with van der Waals surface area (Å²) in [6.07, 6.45) is 0. The van der Waals surface area contributed by atoms with Gasteiger partial charge in [-0.15, -0.1) is 12.4 Å². The monoisotopic (exact) mass is 300 g/mol. The molecular formula is C14H21ClN2O3. The minimum atomic E-state index is -0.111. The van der Waals surface area contributed by atoms with Crippen LogP contribution in [0, 0.1) is 0 Å². The SMILES string of the molecule is COc1ccc(CN2CCNC(=O)[C@H]2C)c(OC)c1.Cl. The van der Waals surface area contributed by atoms with Gasteiger partial charge in [0, 0.05) is 31.3 Å². The smallest absolute Gasteiger partial charge is 0.237 e. The van der Waals surface area contributed by atoms with E-state index in [9.17, 15) is 4.79 Å². The molecule has 0 spiro atoms. The lowest BCUT2D eigenvalue weighted by molar-refractivity contribution is -0.128. The summed E-state index contributed by atoms with van der Waals surface area (Å²) in [5.74, 6) is 1.64. The van der Waals surface area contributed by atoms with Crippen LogP contribution in [-0.4, -0.2) is 44.2 Å². The predicted octanol–water partition coefficient (Wildman–Crippen LogP) is 1.45. The second-order valence-electron chi connectivity index (χ2n) is 4.62. The summed E-state index contributed by atoms with van der Waals surface area (Å²) in [4.78, 5) is 13.8. The molecular weight excluding hydrogens is 280 g/mol. The third kappa shape index (κ3) is 3.55. The van der Waals surface area contributed by atoms with E-state index < -0.39 is 0 Å². The molecule has 0 bridgehead atoms. The van der Waals surface area contributed by atoms with Gasteiger partial charge in [0.25, 0.3) is 0 Å². The Kier molecular flexibility index (Phi) is 6.10. The van der Waals surface area contributed by atoms with Crippen LogP contribution >= 0.6 is 12.4 Å². The zero-order valence-corrected chi connectivity index (χ0v) is 12.8. The van der Waals surface area contributed by atoms with Gasteiger partial charge in [0.05, 0.1) is 20.3 Å². The zero-order chi connectivity index (χ0) is 13.8. The highest BCUT2D eigenvalue weighted by Crippen LogP contribution is 2.26. The first-order valence-electron chi connectivity index (χ1n) is 6.38. The molecule has 6 heteroatoms. The van der Waals surface area contributed by atoms with Crippen molar-refractivity contribution >= 4 is 18.3 Å². The molecule has 0 aromatic heterocycles. The molecule has 1 N–H and O–H groups in total. The highest BCUT2D eigenvalue weighted by molar-refractivity contribution is 5.85. The van der Waals surface area contributed by atoms with Crippen LogP contribution in [0.15, 0.2) is 18.2 Å². The van der Waals surface area contributed by atoms with Gasteiger partial charge < -0.3 is 14.8 Å². The van der Waals surface area contributed by atoms with Crippen molar-refractivity contribution in [3.63, 3.8) is 0 Å². The number of carbonyl (C=O) groups is 1. The average Bonchev–Trinajstić information content (AvgIpc) is 2.44. The van der Waals surface area contributed by atoms with Gasteiger partial charge in [-0.2, -0.15) is 0 Å². The van der Waals surface area contributed by atoms with Crippen LogP contribution in [0.4, 0.5) is 0 Å². The number of methoxy groups -OCH3 is 2. The van der Waals surface area contributed by atoms with Crippen LogP contribution < -0.4 is 14.8 Å². The van der Waals surface area contributed by atoms with E-state index in [1.807, 2.05) is 25.1 Å². The van der Waals surface area contributed by atoms with Crippen molar-refractivity contribution in [1.82, 2.24) is 10.2 Å². The Hall–Kier alpha value is -1.46. The molecule has 0 radical (unpaired) electrons. The molecule has 1 atom stereocenters. The number of hydrogen-bond donors (Lipinski definition) is 1. The molecule has 1 aromatic carbocycles. The van der Waals surface area contributed by atoms with Crippen molar-refractivity contribution < 1.29 is 14.3 Å². The Bertz CT molecular complexity index is 468. The van der Waals surface area contributed by atoms with Crippen molar-refractivity contribution in [3.05, 3.63) is 23.8 Å². The van der Waals surface area contributed by atoms with Gasteiger partial charge >= 0.3 is 0 Å². The Morgan fingerprint density at radius 2 is 2.10 bits per heavy atom. The average molecular weight is 301 g/mol. The second kappa shape index (κ2) is 7.36. The second-order valence-corrected chi connectivity index (χ2v) is 4.62. The van der Waals surface area contributed by atoms with E-state index >= 15 is 0 Å². The lowest BCUT2D eigenvalue weighted by Gasteiger charge is -2.33. The first-order chi connectivity index (χ1) is 9.15. The molecule has 1 saturated heterocycles. The van der Waals surface area contributed by atoms with Crippen LogP contribution in [0.5, 0.6) is 11.5 Å². The van der Waals surface area contributed by atoms with E-state index in [-0.39, 0.29) is 24.4 Å². The maximum Gasteiger partial charge on any atom is 0.237 e. The van der Waals surface area contributed by atoms with Gasteiger partial charge in [-0.3, -0.25) is 9.69 Å². The fourth-order valence-electron chi connectivity index (χ4n) is 2.25. The summed E-state index contributed by atoms with van der Waals surface area (Å²) in [5.41, 5.74) is 1.06. The van der Waals surface area contributed by atoms with E-state index in [1.54, 1.807) is 14.2 Å². The van der Waals surface area contributed by atoms with Crippen LogP contribution in [0.25, 0.3) is 0 Å². The third-order valence-electron chi connectivity index (χ3n) is 3.49. The summed E-state index contributed by atoms with van der Waals surface area (Å²) in [7, 11) is 3.27. The molecule has 112 valence electrons. The van der Waals surface area contributed by atoms with Gasteiger partial charge in [0.2, 0.25) is 5.91 Å². The van der Waals surface area contributed by atoms with Gasteiger partial charge in [0.15, 0.2) is 0 Å². The van der Waals surface area contributed by atoms with Gasteiger partial charge in [-0.25, -0.2) is 0 Å². The van der Waals surface area contributed by atoms with Crippen LogP contribution in [0.2, 0.25) is 0 Å². The molecule has 0 aliphatic carbocycles. The number of halogens is 1. The molecule has 1 aliphatic rings. The molecule has 1 fully saturated rings. The Labute approximate surface area is 125 Å². The fraction of sp³-hybridized carbons (Fsp3) is 0.500. The highest BCUT2D eigenvalue weighted by atomic mass is 35.5. The molecule has 1 aliphatic heterocycles. The van der Waals surface area contributed by atoms with E-state index in [4.69, 9.17) is 9.47 Å². The minimum absolute atomic E-state index is 0. The molecule has 0 unspecified atom stereocenters. The van der Waals surface area contributed by atoms with Crippen molar-refractivity contribution in [1.29, 1.82) is 0 Å². The molecule has 1 amide bonds. The fourth-order valence-corrected chi connectivity index (χ4v) is 2.25. The molecule has 20 heavy (non-hydrogen) atoms. The van der Waals surface area contributed by atoms with Crippen molar-refractivity contribution in [3.8, 4) is 11.5 Å². The van der Waals surface area contributed by atoms with Crippen molar-refractivity contribution in [2.24, 2.45) is 0 Å². The zero-order valence-electron chi connectivity index (χ0n) is 12.0. The van der Waals surface area contributed by atoms with Gasteiger partial charge in [-0.05, 0) is 13.0 Å². The molecule has 5 nitrogen and oxygen atoms in total. The number of carbonyl (C=O) groups excluding carboxylic acids is 1. The number of nitrogens with zero attached hydrogens (tertiary/aromatic N) is 1. The van der Waals surface area contributed by atoms with Crippen LogP contribution in [0.3, 0.4) is 0 Å². The number of hydrogen-bond acceptors (Lipinski definition) is 4. The maximum atomic E-state index is 11.6. The Morgan fingerprint density at radius 3 is 2.75 bits per heavy atom. The number of rotatable bonds is 4. The summed E-state index contributed by atoms with van der Waals surface area (Å²) in [6.45, 7) is 4.16. The number of nitrogens with one attached hydrogen (secondary N) is 1. The summed E-state index contributed by atoms with van der Waals surface area (Å²) in [6, 6.07) is 5.65. The minimum Gasteiger partial charge on any atom is -0.497 e. The topological polar surface area (TPSA) is 50.8 Å². The van der Waals surface area contributed by atoms with E-state index in [0.717, 1.165) is 23.6 Å². The summed E-state index contributed by atoms with van der Waals surface area (Å²) < 4.78 is 10.6. The van der Waals surface area contributed by atoms with E-state index in [1.165, 1.54) is 0 Å². The largest absolute Gasteiger partial charge is 0.497 e. The van der Waals surface area contributed by atoms with Crippen LogP contribution in [0.1, 0.15) is 12.5 Å². The lowest BCUT2D eigenvalue weighted by Crippen LogP contribution is -2.53. The first-order valence-corrected chi connectivity index (χ1v) is 6.38. The normalized spacial score (nSPS) is 18.9. The maximum absolute atomic E-state index is 11.6. The number of benzene rings is 1. The standard InChI is InChI=1S/C14H20N2O3.ClH/c1-10-14(17)15-6-7-16(10)9-11-4-5-12(18-2)8-13(11)19-3;/h4-5,8,10H,6-7,9H2,1-3H3,(H,15,17);1H/t10-;/m1./s1. The molecule has 1 heterocycles. The quantitative estimate of drug-likeness (QED) is 0.914. The Morgan fingerprint density at radius 1 is 1.35 bits per heavy atom.